The summed E-state index contributed by atoms with van der Waals surface area (Å²) in [5.74, 6) is 0. The molecule has 1 aliphatic heterocycles. The zero-order valence-electron chi connectivity index (χ0n) is 9.70. The molecule has 0 bridgehead atoms. The second kappa shape index (κ2) is 3.35. The number of β-amino-alcohol motifs (C(OH)–C–C–N with tert-alkyl or cyclic N) is 1. The number of hydrogen-bond donors (Lipinski definition) is 1. The van der Waals surface area contributed by atoms with Crippen molar-refractivity contribution in [1.82, 2.24) is 0 Å². The molecule has 0 aromatic heterocycles. The average Bonchev–Trinajstić information content (AvgIpc) is 2.12. The molecule has 1 fully saturated rings. The summed E-state index contributed by atoms with van der Waals surface area (Å²) in [6, 6.07) is 10.3. The highest BCUT2D eigenvalue weighted by atomic mass is 28.3. The molecule has 15 heavy (non-hydrogen) atoms. The molecule has 2 nitrogen and oxygen atoms in total. The Hall–Kier alpha value is -0.803. The summed E-state index contributed by atoms with van der Waals surface area (Å²) in [7, 11) is -1.46. The molecule has 3 heteroatoms. The maximum atomic E-state index is 10.4. The number of benzene rings is 1. The van der Waals surface area contributed by atoms with Crippen molar-refractivity contribution >= 4 is 13.8 Å². The maximum absolute atomic E-state index is 10.4. The second-order valence-corrected chi connectivity index (χ2v) is 10.9. The van der Waals surface area contributed by atoms with Crippen LogP contribution in [0.25, 0.3) is 0 Å². The lowest BCUT2D eigenvalue weighted by Gasteiger charge is -2.54. The van der Waals surface area contributed by atoms with Crippen molar-refractivity contribution in [1.29, 1.82) is 0 Å². The van der Waals surface area contributed by atoms with Crippen LogP contribution in [0.1, 0.15) is 0 Å². The number of hydrogen-bond acceptors (Lipinski definition) is 2. The first-order chi connectivity index (χ1) is 6.92. The SMILES string of the molecule is C[Si](C)(C)C1(O)CN(c2ccccc2)C1. The van der Waals surface area contributed by atoms with Crippen LogP contribution < -0.4 is 4.90 Å². The molecular formula is C12H19NOSi. The number of aliphatic hydroxyl groups is 1. The Bertz CT molecular complexity index is 338. The average molecular weight is 221 g/mol. The molecule has 0 spiro atoms. The molecule has 0 unspecified atom stereocenters. The van der Waals surface area contributed by atoms with Gasteiger partial charge in [-0.2, -0.15) is 0 Å². The standard InChI is InChI=1S/C12H19NOSi/c1-15(2,3)12(14)9-13(10-12)11-7-5-4-6-8-11/h4-8,14H,9-10H2,1-3H3. The van der Waals surface area contributed by atoms with Gasteiger partial charge in [0, 0.05) is 18.8 Å². The van der Waals surface area contributed by atoms with Gasteiger partial charge in [-0.05, 0) is 12.1 Å². The van der Waals surface area contributed by atoms with E-state index in [-0.39, 0.29) is 0 Å². The van der Waals surface area contributed by atoms with Crippen LogP contribution in [0, 0.1) is 0 Å². The topological polar surface area (TPSA) is 23.5 Å². The molecule has 0 saturated carbocycles. The summed E-state index contributed by atoms with van der Waals surface area (Å²) in [5.41, 5.74) is 1.22. The van der Waals surface area contributed by atoms with Crippen molar-refractivity contribution in [3.05, 3.63) is 30.3 Å². The molecule has 1 aromatic rings. The van der Waals surface area contributed by atoms with E-state index in [1.807, 2.05) is 18.2 Å². The van der Waals surface area contributed by atoms with Gasteiger partial charge in [0.15, 0.2) is 0 Å². The minimum absolute atomic E-state index is 0.400. The third-order valence-corrected chi connectivity index (χ3v) is 6.53. The zero-order valence-corrected chi connectivity index (χ0v) is 10.7. The van der Waals surface area contributed by atoms with Gasteiger partial charge in [0.25, 0.3) is 0 Å². The summed E-state index contributed by atoms with van der Waals surface area (Å²) < 4.78 is 0. The molecule has 0 amide bonds. The van der Waals surface area contributed by atoms with Gasteiger partial charge in [-0.15, -0.1) is 0 Å². The van der Waals surface area contributed by atoms with Crippen molar-refractivity contribution < 1.29 is 5.11 Å². The highest BCUT2D eigenvalue weighted by Gasteiger charge is 2.50. The number of para-hydroxylation sites is 1. The van der Waals surface area contributed by atoms with Crippen LogP contribution >= 0.6 is 0 Å². The predicted molar refractivity (Wildman–Crippen MR) is 67.0 cm³/mol. The molecule has 2 rings (SSSR count). The molecule has 1 aliphatic rings. The van der Waals surface area contributed by atoms with E-state index in [4.69, 9.17) is 0 Å². The van der Waals surface area contributed by atoms with Crippen molar-refractivity contribution in [3.8, 4) is 0 Å². The van der Waals surface area contributed by atoms with Crippen molar-refractivity contribution in [2.75, 3.05) is 18.0 Å². The first kappa shape index (κ1) is 10.7. The Kier molecular flexibility index (Phi) is 2.39. The van der Waals surface area contributed by atoms with Gasteiger partial charge >= 0.3 is 0 Å². The van der Waals surface area contributed by atoms with E-state index in [1.54, 1.807) is 0 Å². The Balaban J connectivity index is 2.05. The smallest absolute Gasteiger partial charge is 0.0885 e. The second-order valence-electron chi connectivity index (χ2n) is 5.47. The Morgan fingerprint density at radius 2 is 1.67 bits per heavy atom. The minimum atomic E-state index is -1.46. The zero-order chi connectivity index (χ0) is 11.1. The third-order valence-electron chi connectivity index (χ3n) is 3.42. The maximum Gasteiger partial charge on any atom is 0.0885 e. The van der Waals surface area contributed by atoms with Crippen LogP contribution in [0.5, 0.6) is 0 Å². The largest absolute Gasteiger partial charge is 0.390 e. The van der Waals surface area contributed by atoms with Crippen LogP contribution in [0.15, 0.2) is 30.3 Å². The lowest BCUT2D eigenvalue weighted by atomic mass is 10.1. The van der Waals surface area contributed by atoms with Crippen molar-refractivity contribution in [2.45, 2.75) is 24.9 Å². The van der Waals surface area contributed by atoms with Gasteiger partial charge in [0.1, 0.15) is 0 Å². The summed E-state index contributed by atoms with van der Waals surface area (Å²) in [4.78, 5) is 2.25. The van der Waals surface area contributed by atoms with E-state index in [1.165, 1.54) is 5.69 Å². The van der Waals surface area contributed by atoms with Crippen LogP contribution in [-0.4, -0.2) is 31.5 Å². The van der Waals surface area contributed by atoms with Gasteiger partial charge in [0.05, 0.1) is 13.3 Å². The molecule has 1 heterocycles. The van der Waals surface area contributed by atoms with Gasteiger partial charge in [-0.25, -0.2) is 0 Å². The number of nitrogens with zero attached hydrogens (tertiary/aromatic N) is 1. The molecule has 0 atom stereocenters. The first-order valence-electron chi connectivity index (χ1n) is 5.45. The summed E-state index contributed by atoms with van der Waals surface area (Å²) in [6.45, 7) is 8.29. The van der Waals surface area contributed by atoms with Crippen molar-refractivity contribution in [2.24, 2.45) is 0 Å². The number of anilines is 1. The van der Waals surface area contributed by atoms with E-state index in [9.17, 15) is 5.11 Å². The van der Waals surface area contributed by atoms with Crippen LogP contribution in [0.2, 0.25) is 19.6 Å². The van der Waals surface area contributed by atoms with Crippen LogP contribution in [0.4, 0.5) is 5.69 Å². The molecule has 82 valence electrons. The van der Waals surface area contributed by atoms with Gasteiger partial charge in [0.2, 0.25) is 0 Å². The van der Waals surface area contributed by atoms with E-state index in [0.29, 0.717) is 0 Å². The van der Waals surface area contributed by atoms with Crippen molar-refractivity contribution in [3.63, 3.8) is 0 Å². The predicted octanol–water partition coefficient (Wildman–Crippen LogP) is 2.12. The highest BCUT2D eigenvalue weighted by molar-refractivity contribution is 6.79. The van der Waals surface area contributed by atoms with Crippen LogP contribution in [-0.2, 0) is 0 Å². The van der Waals surface area contributed by atoms with E-state index in [2.05, 4.69) is 36.7 Å². The molecule has 1 saturated heterocycles. The summed E-state index contributed by atoms with van der Waals surface area (Å²) >= 11 is 0. The first-order valence-corrected chi connectivity index (χ1v) is 8.95. The quantitative estimate of drug-likeness (QED) is 0.773. The van der Waals surface area contributed by atoms with E-state index in [0.717, 1.165) is 13.1 Å². The Morgan fingerprint density at radius 3 is 2.13 bits per heavy atom. The summed E-state index contributed by atoms with van der Waals surface area (Å²) in [5, 5.41) is 10.00. The molecule has 0 radical (unpaired) electrons. The van der Waals surface area contributed by atoms with Gasteiger partial charge in [-0.1, -0.05) is 37.8 Å². The van der Waals surface area contributed by atoms with Crippen LogP contribution in [0.3, 0.4) is 0 Å². The molecular weight excluding hydrogens is 202 g/mol. The molecule has 0 aliphatic carbocycles. The molecule has 1 N–H and O–H groups in total. The number of rotatable bonds is 2. The van der Waals surface area contributed by atoms with E-state index < -0.39 is 13.3 Å². The third kappa shape index (κ3) is 1.81. The minimum Gasteiger partial charge on any atom is -0.390 e. The summed E-state index contributed by atoms with van der Waals surface area (Å²) in [6.07, 6.45) is 0. The highest BCUT2D eigenvalue weighted by Crippen LogP contribution is 2.34. The van der Waals surface area contributed by atoms with E-state index >= 15 is 0 Å². The monoisotopic (exact) mass is 221 g/mol. The Labute approximate surface area is 92.6 Å². The fourth-order valence-corrected chi connectivity index (χ4v) is 3.21. The lowest BCUT2D eigenvalue weighted by Crippen LogP contribution is -2.72. The fourth-order valence-electron chi connectivity index (χ4n) is 1.88. The molecule has 1 aromatic carbocycles. The fraction of sp³-hybridized carbons (Fsp3) is 0.500. The normalized spacial score (nSPS) is 19.9. The lowest BCUT2D eigenvalue weighted by molar-refractivity contribution is 0.0837. The van der Waals surface area contributed by atoms with Gasteiger partial charge < -0.3 is 10.0 Å². The van der Waals surface area contributed by atoms with Gasteiger partial charge in [-0.3, -0.25) is 0 Å². The Morgan fingerprint density at radius 1 is 1.13 bits per heavy atom.